The summed E-state index contributed by atoms with van der Waals surface area (Å²) in [6, 6.07) is 1.80. The number of allylic oxidation sites excluding steroid dienone is 3. The van der Waals surface area contributed by atoms with Crippen molar-refractivity contribution in [3.8, 4) is 0 Å². The van der Waals surface area contributed by atoms with Crippen molar-refractivity contribution in [2.45, 2.75) is 44.6 Å². The van der Waals surface area contributed by atoms with Gasteiger partial charge in [0.2, 0.25) is 0 Å². The maximum Gasteiger partial charge on any atom is 0.132 e. The minimum absolute atomic E-state index is 0.00555. The number of hydrogen-bond acceptors (Lipinski definition) is 2. The normalized spacial score (nSPS) is 31.6. The van der Waals surface area contributed by atoms with Crippen LogP contribution in [-0.4, -0.2) is 29.2 Å². The van der Waals surface area contributed by atoms with Crippen LogP contribution in [0, 0.1) is 23.5 Å². The second kappa shape index (κ2) is 7.06. The summed E-state index contributed by atoms with van der Waals surface area (Å²) < 4.78 is 45.0. The lowest BCUT2D eigenvalue weighted by Gasteiger charge is -2.45. The molecule has 3 aliphatic rings. The molecular weight excluding hydrogens is 429 g/mol. The van der Waals surface area contributed by atoms with Crippen LogP contribution in [0.3, 0.4) is 0 Å². The van der Waals surface area contributed by atoms with E-state index >= 15 is 0 Å². The third kappa shape index (κ3) is 3.45. The Bertz CT molecular complexity index is 848. The first-order valence-electron chi connectivity index (χ1n) is 9.55. The van der Waals surface area contributed by atoms with Gasteiger partial charge in [-0.15, -0.1) is 0 Å². The molecular formula is C22H24BrF3N2. The van der Waals surface area contributed by atoms with Crippen LogP contribution in [0.25, 0.3) is 0 Å². The van der Waals surface area contributed by atoms with Crippen LogP contribution in [0.1, 0.15) is 32.4 Å². The first kappa shape index (κ1) is 19.8. The van der Waals surface area contributed by atoms with Crippen molar-refractivity contribution in [2.75, 3.05) is 6.54 Å². The Kier molecular flexibility index (Phi) is 4.99. The van der Waals surface area contributed by atoms with Crippen molar-refractivity contribution >= 4 is 15.9 Å². The molecule has 0 saturated carbocycles. The molecule has 2 nitrogen and oxygen atoms in total. The number of nitrogens with one attached hydrogen (secondary N) is 1. The molecule has 1 saturated heterocycles. The molecule has 0 radical (unpaired) electrons. The van der Waals surface area contributed by atoms with Gasteiger partial charge in [-0.1, -0.05) is 46.3 Å². The number of rotatable bonds is 3. The molecule has 150 valence electrons. The summed E-state index contributed by atoms with van der Waals surface area (Å²) >= 11 is 3.15. The molecule has 1 aliphatic carbocycles. The van der Waals surface area contributed by atoms with E-state index < -0.39 is 23.3 Å². The molecule has 4 rings (SSSR count). The monoisotopic (exact) mass is 452 g/mol. The third-order valence-corrected chi connectivity index (χ3v) is 6.33. The summed E-state index contributed by atoms with van der Waals surface area (Å²) in [4.78, 5) is 1.81. The number of alkyl halides is 1. The second-order valence-electron chi connectivity index (χ2n) is 8.53. The molecule has 2 aliphatic heterocycles. The summed E-state index contributed by atoms with van der Waals surface area (Å²) in [6.45, 7) is 4.94. The van der Waals surface area contributed by atoms with Crippen molar-refractivity contribution in [1.82, 2.24) is 10.2 Å². The van der Waals surface area contributed by atoms with Gasteiger partial charge in [0.15, 0.2) is 0 Å². The third-order valence-electron chi connectivity index (χ3n) is 5.87. The Morgan fingerprint density at radius 2 is 1.75 bits per heavy atom. The first-order chi connectivity index (χ1) is 13.2. The smallest absolute Gasteiger partial charge is 0.132 e. The minimum Gasteiger partial charge on any atom is -0.363 e. The second-order valence-corrected chi connectivity index (χ2v) is 9.44. The lowest BCUT2D eigenvalue weighted by atomic mass is 9.77. The lowest BCUT2D eigenvalue weighted by Crippen LogP contribution is -2.50. The maximum absolute atomic E-state index is 15.0. The Hall–Kier alpha value is -1.53. The Balaban J connectivity index is 1.85. The Labute approximate surface area is 172 Å². The van der Waals surface area contributed by atoms with Crippen LogP contribution in [0.2, 0.25) is 0 Å². The highest BCUT2D eigenvalue weighted by atomic mass is 79.9. The molecule has 0 spiro atoms. The zero-order chi connectivity index (χ0) is 20.2. The predicted octanol–water partition coefficient (Wildman–Crippen LogP) is 5.43. The lowest BCUT2D eigenvalue weighted by molar-refractivity contribution is 0.0869. The van der Waals surface area contributed by atoms with Crippen molar-refractivity contribution in [3.63, 3.8) is 0 Å². The molecule has 5 unspecified atom stereocenters. The number of halogens is 4. The summed E-state index contributed by atoms with van der Waals surface area (Å²) in [6.07, 6.45) is 10.4. The summed E-state index contributed by atoms with van der Waals surface area (Å²) in [5.74, 6) is -0.934. The van der Waals surface area contributed by atoms with Gasteiger partial charge in [0.25, 0.3) is 0 Å². The Morgan fingerprint density at radius 3 is 2.39 bits per heavy atom. The Morgan fingerprint density at radius 1 is 1.11 bits per heavy atom. The van der Waals surface area contributed by atoms with Crippen molar-refractivity contribution in [3.05, 3.63) is 69.9 Å². The van der Waals surface area contributed by atoms with Gasteiger partial charge in [0, 0.05) is 39.7 Å². The van der Waals surface area contributed by atoms with Gasteiger partial charge < -0.3 is 10.2 Å². The molecule has 1 aromatic rings. The highest BCUT2D eigenvalue weighted by molar-refractivity contribution is 9.10. The van der Waals surface area contributed by atoms with E-state index in [9.17, 15) is 13.2 Å². The van der Waals surface area contributed by atoms with Gasteiger partial charge in [-0.2, -0.15) is 0 Å². The SMILES string of the molecule is CC1=CC2C3C=CC=CC3NC2C(c2c(F)cc(Br)cc2F)N1CC(C)(C)F. The minimum atomic E-state index is -1.51. The van der Waals surface area contributed by atoms with E-state index in [-0.39, 0.29) is 36.0 Å². The van der Waals surface area contributed by atoms with Crippen molar-refractivity contribution in [2.24, 2.45) is 11.8 Å². The van der Waals surface area contributed by atoms with Gasteiger partial charge in [-0.05, 0) is 32.9 Å². The van der Waals surface area contributed by atoms with Gasteiger partial charge in [-0.25, -0.2) is 13.2 Å². The van der Waals surface area contributed by atoms with E-state index in [4.69, 9.17) is 0 Å². The van der Waals surface area contributed by atoms with Gasteiger partial charge in [0.05, 0.1) is 12.6 Å². The van der Waals surface area contributed by atoms with Crippen LogP contribution in [0.5, 0.6) is 0 Å². The van der Waals surface area contributed by atoms with E-state index in [1.807, 2.05) is 24.0 Å². The zero-order valence-electron chi connectivity index (χ0n) is 16.1. The summed E-state index contributed by atoms with van der Waals surface area (Å²) in [5, 5.41) is 3.56. The van der Waals surface area contributed by atoms with Crippen LogP contribution in [-0.2, 0) is 0 Å². The van der Waals surface area contributed by atoms with E-state index in [0.717, 1.165) is 5.70 Å². The van der Waals surface area contributed by atoms with E-state index in [1.54, 1.807) is 0 Å². The van der Waals surface area contributed by atoms with E-state index in [2.05, 4.69) is 39.5 Å². The fourth-order valence-electron chi connectivity index (χ4n) is 4.83. The van der Waals surface area contributed by atoms with Gasteiger partial charge in [0.1, 0.15) is 17.3 Å². The number of benzene rings is 1. The van der Waals surface area contributed by atoms with Crippen LogP contribution in [0.4, 0.5) is 13.2 Å². The predicted molar refractivity (Wildman–Crippen MR) is 108 cm³/mol. The zero-order valence-corrected chi connectivity index (χ0v) is 17.7. The molecule has 1 fully saturated rings. The molecule has 0 bridgehead atoms. The van der Waals surface area contributed by atoms with Crippen LogP contribution >= 0.6 is 15.9 Å². The van der Waals surface area contributed by atoms with Crippen LogP contribution < -0.4 is 5.32 Å². The average Bonchev–Trinajstić information content (AvgIpc) is 2.94. The summed E-state index contributed by atoms with van der Waals surface area (Å²) in [7, 11) is 0. The van der Waals surface area contributed by atoms with Crippen LogP contribution in [0.15, 0.2) is 52.7 Å². The number of hydrogen-bond donors (Lipinski definition) is 1. The molecule has 6 heteroatoms. The number of nitrogens with zero attached hydrogens (tertiary/aromatic N) is 1. The highest BCUT2D eigenvalue weighted by Crippen LogP contribution is 2.47. The number of fused-ring (bicyclic) bond motifs is 3. The topological polar surface area (TPSA) is 15.3 Å². The fourth-order valence-corrected chi connectivity index (χ4v) is 5.24. The largest absolute Gasteiger partial charge is 0.363 e. The molecule has 1 aromatic carbocycles. The van der Waals surface area contributed by atoms with E-state index in [1.165, 1.54) is 26.0 Å². The molecule has 5 atom stereocenters. The highest BCUT2D eigenvalue weighted by Gasteiger charge is 2.50. The van der Waals surface area contributed by atoms with Crippen molar-refractivity contribution in [1.29, 1.82) is 0 Å². The van der Waals surface area contributed by atoms with Gasteiger partial charge in [-0.3, -0.25) is 0 Å². The van der Waals surface area contributed by atoms with Gasteiger partial charge >= 0.3 is 0 Å². The quantitative estimate of drug-likeness (QED) is 0.657. The molecule has 0 amide bonds. The van der Waals surface area contributed by atoms with E-state index in [0.29, 0.717) is 4.47 Å². The standard InChI is InChI=1S/C22H24BrF3N2/c1-12-8-15-14-6-4-5-7-18(14)27-20(15)21(28(12)11-22(2,3)26)19-16(24)9-13(23)10-17(19)25/h4-10,14-15,18,20-21,27H,11H2,1-3H3. The first-order valence-corrected chi connectivity index (χ1v) is 10.3. The molecule has 2 heterocycles. The summed E-state index contributed by atoms with van der Waals surface area (Å²) in [5.41, 5.74) is -0.661. The van der Waals surface area contributed by atoms with Crippen molar-refractivity contribution < 1.29 is 13.2 Å². The maximum atomic E-state index is 15.0. The molecule has 1 N–H and O–H groups in total. The fraction of sp³-hybridized carbons (Fsp3) is 0.455. The molecule has 0 aromatic heterocycles. The molecule has 28 heavy (non-hydrogen) atoms. The average molecular weight is 453 g/mol.